The third kappa shape index (κ3) is 5.41. The molecule has 2 rings (SSSR count). The number of fused-ring (bicyclic) bond motifs is 1. The number of carbonyl (C=O) groups is 2. The molecule has 0 aliphatic carbocycles. The van der Waals surface area contributed by atoms with Crippen molar-refractivity contribution in [1.82, 2.24) is 10.6 Å². The van der Waals surface area contributed by atoms with Gasteiger partial charge in [0.25, 0.3) is 0 Å². The molecule has 1 heterocycles. The minimum absolute atomic E-state index is 0.0341. The molecule has 1 aliphatic rings. The molecule has 1 aliphatic heterocycles. The SMILES string of the molecule is COc1cc(/C=C/C(=O)NCCNC(=O)C(C)C)cc2c1OCCO2. The third-order valence-corrected chi connectivity index (χ3v) is 3.53. The van der Waals surface area contributed by atoms with Gasteiger partial charge in [-0.15, -0.1) is 0 Å². The summed E-state index contributed by atoms with van der Waals surface area (Å²) in [6.45, 7) is 5.36. The van der Waals surface area contributed by atoms with Gasteiger partial charge in [0.05, 0.1) is 7.11 Å². The zero-order valence-corrected chi connectivity index (χ0v) is 14.8. The molecule has 7 heteroatoms. The minimum Gasteiger partial charge on any atom is -0.493 e. The number of rotatable bonds is 7. The highest BCUT2D eigenvalue weighted by Crippen LogP contribution is 2.40. The second kappa shape index (κ2) is 8.96. The summed E-state index contributed by atoms with van der Waals surface area (Å²) in [7, 11) is 1.55. The molecule has 0 saturated carbocycles. The largest absolute Gasteiger partial charge is 0.493 e. The van der Waals surface area contributed by atoms with Crippen molar-refractivity contribution in [2.24, 2.45) is 5.92 Å². The normalized spacial score (nSPS) is 13.0. The second-order valence-electron chi connectivity index (χ2n) is 5.82. The summed E-state index contributed by atoms with van der Waals surface area (Å²) in [4.78, 5) is 23.2. The number of ether oxygens (including phenoxy) is 3. The van der Waals surface area contributed by atoms with Gasteiger partial charge < -0.3 is 24.8 Å². The summed E-state index contributed by atoms with van der Waals surface area (Å²) in [5, 5.41) is 5.45. The molecule has 0 fully saturated rings. The first-order chi connectivity index (χ1) is 12.0. The molecule has 0 radical (unpaired) electrons. The standard InChI is InChI=1S/C18H24N2O5/c1-12(2)18(22)20-7-6-19-16(21)5-4-13-10-14(23-3)17-15(11-13)24-8-9-25-17/h4-5,10-12H,6-9H2,1-3H3,(H,19,21)(H,20,22)/b5-4+. The van der Waals surface area contributed by atoms with Gasteiger partial charge in [0, 0.05) is 25.1 Å². The van der Waals surface area contributed by atoms with Gasteiger partial charge in [0.1, 0.15) is 13.2 Å². The highest BCUT2D eigenvalue weighted by Gasteiger charge is 2.17. The van der Waals surface area contributed by atoms with Crippen molar-refractivity contribution in [1.29, 1.82) is 0 Å². The van der Waals surface area contributed by atoms with Crippen LogP contribution in [0.2, 0.25) is 0 Å². The first-order valence-electron chi connectivity index (χ1n) is 8.22. The van der Waals surface area contributed by atoms with Gasteiger partial charge in [0.15, 0.2) is 11.5 Å². The van der Waals surface area contributed by atoms with E-state index in [0.29, 0.717) is 43.6 Å². The summed E-state index contributed by atoms with van der Waals surface area (Å²) < 4.78 is 16.4. The van der Waals surface area contributed by atoms with Crippen LogP contribution in [0.25, 0.3) is 6.08 Å². The average Bonchev–Trinajstić information content (AvgIpc) is 2.62. The molecule has 0 unspecified atom stereocenters. The Balaban J connectivity index is 1.88. The number of amides is 2. The molecule has 0 bridgehead atoms. The molecule has 0 saturated heterocycles. The third-order valence-electron chi connectivity index (χ3n) is 3.53. The van der Waals surface area contributed by atoms with Crippen LogP contribution in [0.5, 0.6) is 17.2 Å². The van der Waals surface area contributed by atoms with Crippen molar-refractivity contribution in [3.63, 3.8) is 0 Å². The van der Waals surface area contributed by atoms with E-state index in [9.17, 15) is 9.59 Å². The van der Waals surface area contributed by atoms with Gasteiger partial charge >= 0.3 is 0 Å². The van der Waals surface area contributed by atoms with E-state index in [1.807, 2.05) is 13.8 Å². The molecular weight excluding hydrogens is 324 g/mol. The molecule has 1 aromatic carbocycles. The van der Waals surface area contributed by atoms with E-state index in [0.717, 1.165) is 5.56 Å². The van der Waals surface area contributed by atoms with E-state index in [-0.39, 0.29) is 17.7 Å². The summed E-state index contributed by atoms with van der Waals surface area (Å²) in [5.74, 6) is 1.40. The summed E-state index contributed by atoms with van der Waals surface area (Å²) in [5.41, 5.74) is 0.768. The van der Waals surface area contributed by atoms with Crippen LogP contribution in [-0.2, 0) is 9.59 Å². The van der Waals surface area contributed by atoms with Crippen LogP contribution < -0.4 is 24.8 Å². The molecule has 25 heavy (non-hydrogen) atoms. The highest BCUT2D eigenvalue weighted by atomic mass is 16.6. The Kier molecular flexibility index (Phi) is 6.68. The lowest BCUT2D eigenvalue weighted by Crippen LogP contribution is -2.35. The van der Waals surface area contributed by atoms with Crippen molar-refractivity contribution < 1.29 is 23.8 Å². The lowest BCUT2D eigenvalue weighted by atomic mass is 10.1. The quantitative estimate of drug-likeness (QED) is 0.574. The molecular formula is C18H24N2O5. The second-order valence-corrected chi connectivity index (χ2v) is 5.82. The van der Waals surface area contributed by atoms with E-state index < -0.39 is 0 Å². The Morgan fingerprint density at radius 3 is 2.64 bits per heavy atom. The fraction of sp³-hybridized carbons (Fsp3) is 0.444. The molecule has 0 aromatic heterocycles. The van der Waals surface area contributed by atoms with Gasteiger partial charge in [-0.1, -0.05) is 13.8 Å². The van der Waals surface area contributed by atoms with Crippen LogP contribution in [0.1, 0.15) is 19.4 Å². The number of methoxy groups -OCH3 is 1. The molecule has 136 valence electrons. The molecule has 7 nitrogen and oxygen atoms in total. The lowest BCUT2D eigenvalue weighted by Gasteiger charge is -2.20. The number of nitrogens with one attached hydrogen (secondary N) is 2. The van der Waals surface area contributed by atoms with Gasteiger partial charge in [-0.05, 0) is 23.8 Å². The van der Waals surface area contributed by atoms with Crippen LogP contribution in [0.15, 0.2) is 18.2 Å². The Hall–Kier alpha value is -2.70. The summed E-state index contributed by atoms with van der Waals surface area (Å²) >= 11 is 0. The van der Waals surface area contributed by atoms with Crippen molar-refractivity contribution >= 4 is 17.9 Å². The van der Waals surface area contributed by atoms with E-state index in [1.165, 1.54) is 6.08 Å². The zero-order valence-electron chi connectivity index (χ0n) is 14.8. The Morgan fingerprint density at radius 2 is 1.92 bits per heavy atom. The van der Waals surface area contributed by atoms with Gasteiger partial charge in [-0.3, -0.25) is 9.59 Å². The van der Waals surface area contributed by atoms with Crippen LogP contribution in [-0.4, -0.2) is 45.2 Å². The smallest absolute Gasteiger partial charge is 0.244 e. The summed E-state index contributed by atoms with van der Waals surface area (Å²) in [6, 6.07) is 3.57. The molecule has 2 amide bonds. The zero-order chi connectivity index (χ0) is 18.2. The Bertz CT molecular complexity index is 638. The van der Waals surface area contributed by atoms with Crippen LogP contribution in [0.3, 0.4) is 0 Å². The first kappa shape index (κ1) is 18.6. The maximum absolute atomic E-state index is 11.8. The van der Waals surface area contributed by atoms with Gasteiger partial charge in [-0.2, -0.15) is 0 Å². The van der Waals surface area contributed by atoms with Crippen molar-refractivity contribution in [2.75, 3.05) is 33.4 Å². The van der Waals surface area contributed by atoms with Crippen molar-refractivity contribution in [3.8, 4) is 17.2 Å². The predicted octanol–water partition coefficient (Wildman–Crippen LogP) is 1.37. The van der Waals surface area contributed by atoms with Crippen LogP contribution in [0, 0.1) is 5.92 Å². The Morgan fingerprint density at radius 1 is 1.20 bits per heavy atom. The van der Waals surface area contributed by atoms with Crippen molar-refractivity contribution in [2.45, 2.75) is 13.8 Å². The van der Waals surface area contributed by atoms with E-state index in [2.05, 4.69) is 10.6 Å². The number of carbonyl (C=O) groups excluding carboxylic acids is 2. The summed E-state index contributed by atoms with van der Waals surface area (Å²) in [6.07, 6.45) is 3.10. The van der Waals surface area contributed by atoms with Crippen molar-refractivity contribution in [3.05, 3.63) is 23.8 Å². The maximum Gasteiger partial charge on any atom is 0.244 e. The molecule has 2 N–H and O–H groups in total. The van der Waals surface area contributed by atoms with E-state index in [1.54, 1.807) is 25.3 Å². The Labute approximate surface area is 147 Å². The molecule has 0 spiro atoms. The van der Waals surface area contributed by atoms with Crippen LogP contribution >= 0.6 is 0 Å². The highest BCUT2D eigenvalue weighted by molar-refractivity contribution is 5.92. The van der Waals surface area contributed by atoms with Gasteiger partial charge in [-0.25, -0.2) is 0 Å². The maximum atomic E-state index is 11.8. The molecule has 0 atom stereocenters. The van der Waals surface area contributed by atoms with E-state index in [4.69, 9.17) is 14.2 Å². The minimum atomic E-state index is -0.243. The average molecular weight is 348 g/mol. The van der Waals surface area contributed by atoms with E-state index >= 15 is 0 Å². The van der Waals surface area contributed by atoms with Crippen LogP contribution in [0.4, 0.5) is 0 Å². The number of hydrogen-bond acceptors (Lipinski definition) is 5. The lowest BCUT2D eigenvalue weighted by molar-refractivity contribution is -0.124. The number of benzene rings is 1. The molecule has 1 aromatic rings. The monoisotopic (exact) mass is 348 g/mol. The van der Waals surface area contributed by atoms with Gasteiger partial charge in [0.2, 0.25) is 17.6 Å². The fourth-order valence-corrected chi connectivity index (χ4v) is 2.20. The number of hydrogen-bond donors (Lipinski definition) is 2. The topological polar surface area (TPSA) is 85.9 Å². The predicted molar refractivity (Wildman–Crippen MR) is 93.9 cm³/mol. The first-order valence-corrected chi connectivity index (χ1v) is 8.22. The fourth-order valence-electron chi connectivity index (χ4n) is 2.20.